The lowest BCUT2D eigenvalue weighted by molar-refractivity contribution is -0.151. The molecule has 4 nitrogen and oxygen atoms in total. The van der Waals surface area contributed by atoms with E-state index < -0.39 is 5.41 Å². The third-order valence-electron chi connectivity index (χ3n) is 3.01. The van der Waals surface area contributed by atoms with Crippen LogP contribution in [0.3, 0.4) is 0 Å². The van der Waals surface area contributed by atoms with Crippen molar-refractivity contribution in [3.8, 4) is 0 Å². The van der Waals surface area contributed by atoms with Gasteiger partial charge in [-0.15, -0.1) is 6.58 Å². The van der Waals surface area contributed by atoms with E-state index in [1.54, 1.807) is 31.7 Å². The van der Waals surface area contributed by atoms with Gasteiger partial charge in [0.25, 0.3) is 0 Å². The second kappa shape index (κ2) is 5.57. The Balaban J connectivity index is 3.05. The maximum atomic E-state index is 12.0. The fourth-order valence-electron chi connectivity index (χ4n) is 1.77. The molecule has 0 aliphatic heterocycles. The maximum absolute atomic E-state index is 12.0. The molecule has 18 heavy (non-hydrogen) atoms. The molecular weight excluding hydrogens is 252 g/mol. The Bertz CT molecular complexity index is 468. The highest BCUT2D eigenvalue weighted by atomic mass is 35.5. The zero-order valence-corrected chi connectivity index (χ0v) is 12.0. The first-order valence-corrected chi connectivity index (χ1v) is 6.22. The van der Waals surface area contributed by atoms with E-state index >= 15 is 0 Å². The van der Waals surface area contributed by atoms with Gasteiger partial charge < -0.3 is 4.74 Å². The molecule has 0 aromatic carbocycles. The molecule has 0 N–H and O–H groups in total. The van der Waals surface area contributed by atoms with Crippen LogP contribution in [0.2, 0.25) is 5.15 Å². The lowest BCUT2D eigenvalue weighted by atomic mass is 9.84. The molecule has 5 heteroatoms. The van der Waals surface area contributed by atoms with E-state index in [1.807, 2.05) is 6.92 Å². The number of carbonyl (C=O) groups is 1. The monoisotopic (exact) mass is 270 g/mol. The van der Waals surface area contributed by atoms with Crippen LogP contribution < -0.4 is 0 Å². The molecule has 1 unspecified atom stereocenters. The van der Waals surface area contributed by atoms with Gasteiger partial charge in [0.05, 0.1) is 17.7 Å². The second-order valence-electron chi connectivity index (χ2n) is 4.50. The van der Waals surface area contributed by atoms with Gasteiger partial charge in [0, 0.05) is 12.6 Å². The number of halogens is 1. The van der Waals surface area contributed by atoms with Crippen molar-refractivity contribution in [1.29, 1.82) is 0 Å². The summed E-state index contributed by atoms with van der Waals surface area (Å²) in [5, 5.41) is 4.78. The normalized spacial score (nSPS) is 14.1. The van der Waals surface area contributed by atoms with E-state index in [0.29, 0.717) is 18.2 Å². The fourth-order valence-corrected chi connectivity index (χ4v) is 2.01. The summed E-state index contributed by atoms with van der Waals surface area (Å²) in [7, 11) is 1.77. The predicted molar refractivity (Wildman–Crippen MR) is 71.6 cm³/mol. The number of aromatic nitrogens is 2. The van der Waals surface area contributed by atoms with Gasteiger partial charge in [-0.25, -0.2) is 0 Å². The van der Waals surface area contributed by atoms with E-state index in [4.69, 9.17) is 16.3 Å². The molecule has 1 aromatic heterocycles. The molecule has 0 saturated carbocycles. The zero-order valence-electron chi connectivity index (χ0n) is 11.3. The van der Waals surface area contributed by atoms with Crippen molar-refractivity contribution in [2.24, 2.45) is 12.5 Å². The van der Waals surface area contributed by atoms with E-state index in [1.165, 1.54) is 0 Å². The number of rotatable bonds is 5. The largest absolute Gasteiger partial charge is 0.465 e. The van der Waals surface area contributed by atoms with Crippen molar-refractivity contribution < 1.29 is 9.53 Å². The Morgan fingerprint density at radius 2 is 2.28 bits per heavy atom. The Labute approximate surface area is 113 Å². The highest BCUT2D eigenvalue weighted by Crippen LogP contribution is 2.30. The van der Waals surface area contributed by atoms with Crippen molar-refractivity contribution in [3.63, 3.8) is 0 Å². The molecular formula is C13H19ClN2O2. The molecule has 0 aliphatic carbocycles. The number of nitrogens with zero attached hydrogens (tertiary/aromatic N) is 2. The molecule has 0 aliphatic rings. The summed E-state index contributed by atoms with van der Waals surface area (Å²) in [5.41, 5.74) is 0.891. The molecule has 1 rings (SSSR count). The molecule has 0 fully saturated rings. The van der Waals surface area contributed by atoms with E-state index in [9.17, 15) is 4.79 Å². The van der Waals surface area contributed by atoms with Gasteiger partial charge >= 0.3 is 5.97 Å². The number of ether oxygens (including phenoxy) is 1. The van der Waals surface area contributed by atoms with E-state index in [0.717, 1.165) is 11.3 Å². The molecule has 0 spiro atoms. The zero-order chi connectivity index (χ0) is 13.9. The van der Waals surface area contributed by atoms with Gasteiger partial charge in [-0.3, -0.25) is 9.48 Å². The fraction of sp³-hybridized carbons (Fsp3) is 0.538. The summed E-state index contributed by atoms with van der Waals surface area (Å²) in [5.74, 6) is -0.292. The van der Waals surface area contributed by atoms with Gasteiger partial charge in [0.15, 0.2) is 0 Å². The van der Waals surface area contributed by atoms with E-state index in [2.05, 4.69) is 11.7 Å². The maximum Gasteiger partial charge on any atom is 0.315 e. The first-order valence-electron chi connectivity index (χ1n) is 5.84. The van der Waals surface area contributed by atoms with Crippen molar-refractivity contribution in [3.05, 3.63) is 29.1 Å². The summed E-state index contributed by atoms with van der Waals surface area (Å²) >= 11 is 6.17. The van der Waals surface area contributed by atoms with Gasteiger partial charge in [0.2, 0.25) is 0 Å². The van der Waals surface area contributed by atoms with Gasteiger partial charge in [0.1, 0.15) is 5.15 Å². The molecule has 0 amide bonds. The van der Waals surface area contributed by atoms with Crippen LogP contribution in [0.1, 0.15) is 25.1 Å². The van der Waals surface area contributed by atoms with Crippen LogP contribution >= 0.6 is 11.6 Å². The van der Waals surface area contributed by atoms with Crippen molar-refractivity contribution in [1.82, 2.24) is 9.78 Å². The molecule has 1 heterocycles. The molecule has 1 atom stereocenters. The predicted octanol–water partition coefficient (Wildman–Crippen LogP) is 2.68. The molecule has 0 bridgehead atoms. The van der Waals surface area contributed by atoms with Crippen molar-refractivity contribution >= 4 is 17.6 Å². The smallest absolute Gasteiger partial charge is 0.315 e. The number of aryl methyl sites for hydroxylation is 2. The number of esters is 1. The second-order valence-corrected chi connectivity index (χ2v) is 4.86. The molecule has 1 aromatic rings. The summed E-state index contributed by atoms with van der Waals surface area (Å²) < 4.78 is 6.67. The summed E-state index contributed by atoms with van der Waals surface area (Å²) in [6.07, 6.45) is 2.04. The lowest BCUT2D eigenvalue weighted by Gasteiger charge is -2.23. The van der Waals surface area contributed by atoms with Gasteiger partial charge in [-0.2, -0.15) is 5.10 Å². The third kappa shape index (κ3) is 2.75. The SMILES string of the molecule is C=CC(C)(Cc1c(C)nn(C)c1Cl)C(=O)OCC. The minimum Gasteiger partial charge on any atom is -0.465 e. The van der Waals surface area contributed by atoms with E-state index in [-0.39, 0.29) is 5.97 Å². The van der Waals surface area contributed by atoms with Crippen LogP contribution in [-0.2, 0) is 23.0 Å². The first-order chi connectivity index (χ1) is 8.35. The van der Waals surface area contributed by atoms with Crippen molar-refractivity contribution in [2.45, 2.75) is 27.2 Å². The van der Waals surface area contributed by atoms with Crippen molar-refractivity contribution in [2.75, 3.05) is 6.61 Å². The van der Waals surface area contributed by atoms with Crippen LogP contribution in [0.15, 0.2) is 12.7 Å². The standard InChI is InChI=1S/C13H19ClN2O2/c1-6-13(4,12(17)18-7-2)8-10-9(3)15-16(5)11(10)14/h6H,1,7-8H2,2-5H3. The van der Waals surface area contributed by atoms with Crippen LogP contribution in [0, 0.1) is 12.3 Å². The van der Waals surface area contributed by atoms with Gasteiger partial charge in [-0.05, 0) is 27.2 Å². The average Bonchev–Trinajstić information content (AvgIpc) is 2.56. The highest BCUT2D eigenvalue weighted by molar-refractivity contribution is 6.30. The Morgan fingerprint density at radius 3 is 2.67 bits per heavy atom. The van der Waals surface area contributed by atoms with Gasteiger partial charge in [-0.1, -0.05) is 17.7 Å². The number of carbonyl (C=O) groups excluding carboxylic acids is 1. The van der Waals surface area contributed by atoms with Crippen LogP contribution in [0.4, 0.5) is 0 Å². The first kappa shape index (κ1) is 14.8. The average molecular weight is 271 g/mol. The lowest BCUT2D eigenvalue weighted by Crippen LogP contribution is -2.30. The van der Waals surface area contributed by atoms with Crippen LogP contribution in [-0.4, -0.2) is 22.4 Å². The van der Waals surface area contributed by atoms with Crippen LogP contribution in [0.25, 0.3) is 0 Å². The van der Waals surface area contributed by atoms with Crippen LogP contribution in [0.5, 0.6) is 0 Å². The Hall–Kier alpha value is -1.29. The molecule has 100 valence electrons. The molecule has 0 saturated heterocycles. The quantitative estimate of drug-likeness (QED) is 0.610. The molecule has 0 radical (unpaired) electrons. The minimum atomic E-state index is -0.784. The third-order valence-corrected chi connectivity index (χ3v) is 3.48. The summed E-state index contributed by atoms with van der Waals surface area (Å²) in [6.45, 7) is 9.52. The highest BCUT2D eigenvalue weighted by Gasteiger charge is 2.33. The number of hydrogen-bond donors (Lipinski definition) is 0. The Morgan fingerprint density at radius 1 is 1.67 bits per heavy atom. The Kier molecular flexibility index (Phi) is 4.57. The topological polar surface area (TPSA) is 44.1 Å². The minimum absolute atomic E-state index is 0.292. The summed E-state index contributed by atoms with van der Waals surface area (Å²) in [4.78, 5) is 12.0. The summed E-state index contributed by atoms with van der Waals surface area (Å²) in [6, 6.07) is 0. The number of hydrogen-bond acceptors (Lipinski definition) is 3.